The number of aliphatic carboxylic acids is 1. The molecule has 1 aliphatic heterocycles. The molecule has 5 nitrogen and oxygen atoms in total. The van der Waals surface area contributed by atoms with Crippen LogP contribution in [0.2, 0.25) is 0 Å². The van der Waals surface area contributed by atoms with Crippen LogP contribution in [0.1, 0.15) is 45.4 Å². The fourth-order valence-corrected chi connectivity index (χ4v) is 3.33. The van der Waals surface area contributed by atoms with Gasteiger partial charge in [0.25, 0.3) is 0 Å². The molecule has 1 saturated carbocycles. The number of carboxylic acids is 1. The lowest BCUT2D eigenvalue weighted by Gasteiger charge is -2.38. The van der Waals surface area contributed by atoms with Crippen LogP contribution in [0.25, 0.3) is 0 Å². The number of carboxylic acid groups (broad SMARTS) is 1. The SMILES string of the molecule is CC1CCCC(NC(=O)C2CCCNC2)(C(=O)O)C1. The van der Waals surface area contributed by atoms with Gasteiger partial charge in [0, 0.05) is 6.54 Å². The topological polar surface area (TPSA) is 78.4 Å². The largest absolute Gasteiger partial charge is 0.480 e. The Balaban J connectivity index is 2.03. The van der Waals surface area contributed by atoms with Crippen molar-refractivity contribution in [3.8, 4) is 0 Å². The third-order valence-electron chi connectivity index (χ3n) is 4.44. The minimum atomic E-state index is -1.04. The molecule has 0 spiro atoms. The molecule has 1 heterocycles. The van der Waals surface area contributed by atoms with Gasteiger partial charge in [-0.1, -0.05) is 19.8 Å². The summed E-state index contributed by atoms with van der Waals surface area (Å²) >= 11 is 0. The summed E-state index contributed by atoms with van der Waals surface area (Å²) in [6.45, 7) is 3.67. The Kier molecular flexibility index (Phi) is 4.45. The van der Waals surface area contributed by atoms with Crippen LogP contribution in [-0.2, 0) is 9.59 Å². The maximum Gasteiger partial charge on any atom is 0.329 e. The summed E-state index contributed by atoms with van der Waals surface area (Å²) in [5.41, 5.74) is -1.04. The van der Waals surface area contributed by atoms with Crippen LogP contribution >= 0.6 is 0 Å². The van der Waals surface area contributed by atoms with Gasteiger partial charge in [-0.25, -0.2) is 4.79 Å². The highest BCUT2D eigenvalue weighted by Crippen LogP contribution is 2.33. The van der Waals surface area contributed by atoms with Crippen LogP contribution in [0.4, 0.5) is 0 Å². The number of rotatable bonds is 3. The highest BCUT2D eigenvalue weighted by Gasteiger charge is 2.44. The second-order valence-corrected chi connectivity index (χ2v) is 6.12. The molecule has 2 rings (SSSR count). The van der Waals surface area contributed by atoms with E-state index in [9.17, 15) is 14.7 Å². The first-order valence-corrected chi connectivity index (χ1v) is 7.30. The molecular weight excluding hydrogens is 244 g/mol. The zero-order chi connectivity index (χ0) is 13.9. The second-order valence-electron chi connectivity index (χ2n) is 6.12. The maximum atomic E-state index is 12.3. The summed E-state index contributed by atoms with van der Waals surface area (Å²) in [5.74, 6) is -0.697. The van der Waals surface area contributed by atoms with Crippen molar-refractivity contribution in [2.24, 2.45) is 11.8 Å². The van der Waals surface area contributed by atoms with Crippen molar-refractivity contribution in [3.05, 3.63) is 0 Å². The average molecular weight is 268 g/mol. The van der Waals surface area contributed by atoms with Gasteiger partial charge in [-0.2, -0.15) is 0 Å². The lowest BCUT2D eigenvalue weighted by molar-refractivity contribution is -0.150. The van der Waals surface area contributed by atoms with E-state index in [0.29, 0.717) is 25.3 Å². The van der Waals surface area contributed by atoms with Crippen molar-refractivity contribution in [2.75, 3.05) is 13.1 Å². The Morgan fingerprint density at radius 3 is 2.68 bits per heavy atom. The van der Waals surface area contributed by atoms with Crippen molar-refractivity contribution in [2.45, 2.75) is 51.0 Å². The molecule has 19 heavy (non-hydrogen) atoms. The van der Waals surface area contributed by atoms with Gasteiger partial charge < -0.3 is 15.7 Å². The highest BCUT2D eigenvalue weighted by atomic mass is 16.4. The lowest BCUT2D eigenvalue weighted by atomic mass is 9.76. The first-order valence-electron chi connectivity index (χ1n) is 7.30. The summed E-state index contributed by atoms with van der Waals surface area (Å²) in [6, 6.07) is 0. The van der Waals surface area contributed by atoms with Crippen molar-refractivity contribution >= 4 is 11.9 Å². The zero-order valence-corrected chi connectivity index (χ0v) is 11.6. The van der Waals surface area contributed by atoms with Gasteiger partial charge >= 0.3 is 5.97 Å². The van der Waals surface area contributed by atoms with E-state index in [1.165, 1.54) is 0 Å². The van der Waals surface area contributed by atoms with Gasteiger partial charge in [0.15, 0.2) is 0 Å². The Bertz CT molecular complexity index is 353. The van der Waals surface area contributed by atoms with Crippen LogP contribution in [0, 0.1) is 11.8 Å². The predicted molar refractivity (Wildman–Crippen MR) is 71.7 cm³/mol. The molecule has 2 aliphatic rings. The molecule has 108 valence electrons. The average Bonchev–Trinajstić information content (AvgIpc) is 2.39. The fourth-order valence-electron chi connectivity index (χ4n) is 3.33. The van der Waals surface area contributed by atoms with E-state index in [0.717, 1.165) is 32.2 Å². The molecule has 0 aromatic carbocycles. The summed E-state index contributed by atoms with van der Waals surface area (Å²) in [5, 5.41) is 15.6. The molecule has 3 atom stereocenters. The Hall–Kier alpha value is -1.10. The van der Waals surface area contributed by atoms with E-state index in [1.807, 2.05) is 0 Å². The van der Waals surface area contributed by atoms with Gasteiger partial charge in [0.05, 0.1) is 5.92 Å². The van der Waals surface area contributed by atoms with Crippen LogP contribution in [0.15, 0.2) is 0 Å². The molecule has 2 fully saturated rings. The molecule has 5 heteroatoms. The monoisotopic (exact) mass is 268 g/mol. The Labute approximate surface area is 114 Å². The lowest BCUT2D eigenvalue weighted by Crippen LogP contribution is -2.59. The number of hydrogen-bond acceptors (Lipinski definition) is 3. The van der Waals surface area contributed by atoms with E-state index in [-0.39, 0.29) is 11.8 Å². The minimum Gasteiger partial charge on any atom is -0.480 e. The van der Waals surface area contributed by atoms with E-state index in [2.05, 4.69) is 17.6 Å². The Morgan fingerprint density at radius 2 is 2.11 bits per heavy atom. The van der Waals surface area contributed by atoms with Crippen molar-refractivity contribution in [1.29, 1.82) is 0 Å². The number of carbonyl (C=O) groups is 2. The normalized spacial score (nSPS) is 35.6. The first kappa shape index (κ1) is 14.3. The molecular formula is C14H24N2O3. The van der Waals surface area contributed by atoms with E-state index in [1.54, 1.807) is 0 Å². The van der Waals surface area contributed by atoms with Crippen molar-refractivity contribution < 1.29 is 14.7 Å². The number of piperidine rings is 1. The fraction of sp³-hybridized carbons (Fsp3) is 0.857. The van der Waals surface area contributed by atoms with E-state index >= 15 is 0 Å². The van der Waals surface area contributed by atoms with Gasteiger partial charge in [0.2, 0.25) is 5.91 Å². The summed E-state index contributed by atoms with van der Waals surface area (Å²) in [7, 11) is 0. The number of nitrogens with one attached hydrogen (secondary N) is 2. The summed E-state index contributed by atoms with van der Waals surface area (Å²) < 4.78 is 0. The highest BCUT2D eigenvalue weighted by molar-refractivity contribution is 5.88. The molecule has 0 aromatic heterocycles. The maximum absolute atomic E-state index is 12.3. The molecule has 1 amide bonds. The van der Waals surface area contributed by atoms with Crippen LogP contribution < -0.4 is 10.6 Å². The van der Waals surface area contributed by atoms with Crippen molar-refractivity contribution in [3.63, 3.8) is 0 Å². The molecule has 0 bridgehead atoms. The third-order valence-corrected chi connectivity index (χ3v) is 4.44. The van der Waals surface area contributed by atoms with Crippen LogP contribution in [0.5, 0.6) is 0 Å². The Morgan fingerprint density at radius 1 is 1.32 bits per heavy atom. The number of carbonyl (C=O) groups excluding carboxylic acids is 1. The molecule has 3 unspecified atom stereocenters. The molecule has 1 aliphatic carbocycles. The smallest absolute Gasteiger partial charge is 0.329 e. The number of amides is 1. The van der Waals surface area contributed by atoms with Gasteiger partial charge in [-0.05, 0) is 38.1 Å². The zero-order valence-electron chi connectivity index (χ0n) is 11.6. The second kappa shape index (κ2) is 5.90. The van der Waals surface area contributed by atoms with Gasteiger partial charge in [-0.15, -0.1) is 0 Å². The summed E-state index contributed by atoms with van der Waals surface area (Å²) in [4.78, 5) is 23.9. The third kappa shape index (κ3) is 3.26. The standard InChI is InChI=1S/C14H24N2O3/c1-10-4-2-6-14(8-10,13(18)19)16-12(17)11-5-3-7-15-9-11/h10-11,15H,2-9H2,1H3,(H,16,17)(H,18,19). The minimum absolute atomic E-state index is 0.0813. The molecule has 0 radical (unpaired) electrons. The van der Waals surface area contributed by atoms with Crippen molar-refractivity contribution in [1.82, 2.24) is 10.6 Å². The van der Waals surface area contributed by atoms with Crippen LogP contribution in [-0.4, -0.2) is 35.6 Å². The summed E-state index contributed by atoms with van der Waals surface area (Å²) in [6.07, 6.45) is 4.86. The van der Waals surface area contributed by atoms with E-state index < -0.39 is 11.5 Å². The number of hydrogen-bond donors (Lipinski definition) is 3. The quantitative estimate of drug-likeness (QED) is 0.717. The van der Waals surface area contributed by atoms with Gasteiger partial charge in [0.1, 0.15) is 5.54 Å². The first-order chi connectivity index (χ1) is 9.03. The van der Waals surface area contributed by atoms with Crippen LogP contribution in [0.3, 0.4) is 0 Å². The molecule has 0 aromatic rings. The predicted octanol–water partition coefficient (Wildman–Crippen LogP) is 1.14. The van der Waals surface area contributed by atoms with E-state index in [4.69, 9.17) is 0 Å². The molecule has 1 saturated heterocycles. The molecule has 3 N–H and O–H groups in total. The van der Waals surface area contributed by atoms with Gasteiger partial charge in [-0.3, -0.25) is 4.79 Å².